The summed E-state index contributed by atoms with van der Waals surface area (Å²) in [6.07, 6.45) is 1.71. The second-order valence-corrected chi connectivity index (χ2v) is 7.98. The highest BCUT2D eigenvalue weighted by Crippen LogP contribution is 2.32. The highest BCUT2D eigenvalue weighted by Gasteiger charge is 2.29. The Balaban J connectivity index is 2.17. The number of thioether (sulfide) groups is 1. The maximum Gasteiger partial charge on any atom is 0.170 e. The number of hydrogen-bond donors (Lipinski definition) is 1. The highest BCUT2D eigenvalue weighted by atomic mass is 32.2. The van der Waals surface area contributed by atoms with E-state index < -0.39 is 0 Å². The summed E-state index contributed by atoms with van der Waals surface area (Å²) in [5.74, 6) is 1.34. The molecule has 1 aromatic heterocycles. The molecular formula is C15H24FN3S. The van der Waals surface area contributed by atoms with Gasteiger partial charge in [-0.1, -0.05) is 13.8 Å². The molecule has 0 bridgehead atoms. The molecule has 0 unspecified atom stereocenters. The van der Waals surface area contributed by atoms with Gasteiger partial charge in [-0.25, -0.2) is 9.37 Å². The molecular weight excluding hydrogens is 273 g/mol. The first-order chi connectivity index (χ1) is 9.39. The third-order valence-corrected chi connectivity index (χ3v) is 4.67. The molecule has 1 aliphatic rings. The Morgan fingerprint density at radius 1 is 1.50 bits per heavy atom. The van der Waals surface area contributed by atoms with E-state index in [9.17, 15) is 4.39 Å². The first-order valence-corrected chi connectivity index (χ1v) is 8.13. The molecule has 0 aliphatic carbocycles. The molecule has 1 N–H and O–H groups in total. The Kier molecular flexibility index (Phi) is 4.91. The van der Waals surface area contributed by atoms with Crippen LogP contribution >= 0.6 is 11.8 Å². The topological polar surface area (TPSA) is 28.2 Å². The van der Waals surface area contributed by atoms with Crippen molar-refractivity contribution in [2.75, 3.05) is 23.7 Å². The minimum absolute atomic E-state index is 0.151. The molecule has 0 spiro atoms. The van der Waals surface area contributed by atoms with Gasteiger partial charge in [-0.05, 0) is 19.9 Å². The van der Waals surface area contributed by atoms with Crippen molar-refractivity contribution in [1.29, 1.82) is 0 Å². The summed E-state index contributed by atoms with van der Waals surface area (Å²) in [5.41, 5.74) is 0.694. The first-order valence-electron chi connectivity index (χ1n) is 7.15. The molecule has 5 heteroatoms. The number of hydrogen-bond acceptors (Lipinski definition) is 4. The Labute approximate surface area is 125 Å². The molecule has 0 saturated carbocycles. The second kappa shape index (κ2) is 6.31. The van der Waals surface area contributed by atoms with Crippen LogP contribution in [0.5, 0.6) is 0 Å². The number of pyridine rings is 1. The highest BCUT2D eigenvalue weighted by molar-refractivity contribution is 8.00. The van der Waals surface area contributed by atoms with Crippen molar-refractivity contribution in [2.24, 2.45) is 0 Å². The number of halogens is 1. The van der Waals surface area contributed by atoms with E-state index in [-0.39, 0.29) is 10.6 Å². The Morgan fingerprint density at radius 3 is 2.90 bits per heavy atom. The fourth-order valence-electron chi connectivity index (χ4n) is 2.34. The van der Waals surface area contributed by atoms with E-state index in [1.807, 2.05) is 11.8 Å². The third kappa shape index (κ3) is 3.85. The van der Waals surface area contributed by atoms with E-state index in [4.69, 9.17) is 0 Å². The van der Waals surface area contributed by atoms with E-state index in [1.165, 1.54) is 0 Å². The number of rotatable bonds is 4. The van der Waals surface area contributed by atoms with Gasteiger partial charge >= 0.3 is 0 Å². The van der Waals surface area contributed by atoms with Crippen molar-refractivity contribution >= 4 is 17.6 Å². The van der Waals surface area contributed by atoms with Crippen LogP contribution in [0.2, 0.25) is 0 Å². The van der Waals surface area contributed by atoms with Crippen molar-refractivity contribution in [2.45, 2.75) is 45.0 Å². The number of nitrogens with zero attached hydrogens (tertiary/aromatic N) is 2. The molecule has 1 saturated heterocycles. The number of aromatic nitrogens is 1. The van der Waals surface area contributed by atoms with Gasteiger partial charge in [-0.2, -0.15) is 11.8 Å². The fraction of sp³-hybridized carbons (Fsp3) is 0.667. The van der Waals surface area contributed by atoms with E-state index in [1.54, 1.807) is 12.3 Å². The lowest BCUT2D eigenvalue weighted by molar-refractivity contribution is 0.542. The third-order valence-electron chi connectivity index (χ3n) is 3.38. The van der Waals surface area contributed by atoms with Crippen LogP contribution < -0.4 is 10.2 Å². The van der Waals surface area contributed by atoms with Crippen molar-refractivity contribution in [3.05, 3.63) is 23.6 Å². The van der Waals surface area contributed by atoms with Crippen LogP contribution in [-0.4, -0.2) is 34.6 Å². The fourth-order valence-corrected chi connectivity index (χ4v) is 3.45. The summed E-state index contributed by atoms with van der Waals surface area (Å²) in [7, 11) is 0. The Morgan fingerprint density at radius 2 is 2.25 bits per heavy atom. The van der Waals surface area contributed by atoms with Gasteiger partial charge in [-0.3, -0.25) is 0 Å². The first kappa shape index (κ1) is 15.6. The van der Waals surface area contributed by atoms with Crippen LogP contribution in [0.25, 0.3) is 0 Å². The van der Waals surface area contributed by atoms with Gasteiger partial charge in [0.1, 0.15) is 0 Å². The van der Waals surface area contributed by atoms with Crippen LogP contribution in [0, 0.1) is 5.82 Å². The molecule has 0 radical (unpaired) electrons. The predicted octanol–water partition coefficient (Wildman–Crippen LogP) is 3.05. The summed E-state index contributed by atoms with van der Waals surface area (Å²) >= 11 is 1.94. The zero-order valence-corrected chi connectivity index (χ0v) is 13.6. The van der Waals surface area contributed by atoms with Gasteiger partial charge in [0, 0.05) is 47.9 Å². The average Bonchev–Trinajstić information content (AvgIpc) is 2.36. The van der Waals surface area contributed by atoms with Crippen molar-refractivity contribution < 1.29 is 4.39 Å². The van der Waals surface area contributed by atoms with Crippen LogP contribution in [-0.2, 0) is 6.54 Å². The van der Waals surface area contributed by atoms with Crippen molar-refractivity contribution in [3.63, 3.8) is 0 Å². The Bertz CT molecular complexity index is 462. The van der Waals surface area contributed by atoms with E-state index in [0.29, 0.717) is 24.0 Å². The summed E-state index contributed by atoms with van der Waals surface area (Å²) in [6, 6.07) is 2.11. The van der Waals surface area contributed by atoms with Gasteiger partial charge in [0.2, 0.25) is 0 Å². The predicted molar refractivity (Wildman–Crippen MR) is 84.9 cm³/mol. The monoisotopic (exact) mass is 297 g/mol. The summed E-state index contributed by atoms with van der Waals surface area (Å²) in [6.45, 7) is 10.8. The van der Waals surface area contributed by atoms with Gasteiger partial charge in [0.15, 0.2) is 11.6 Å². The number of anilines is 1. The smallest absolute Gasteiger partial charge is 0.170 e. The zero-order chi connectivity index (χ0) is 14.8. The van der Waals surface area contributed by atoms with E-state index in [0.717, 1.165) is 18.8 Å². The summed E-state index contributed by atoms with van der Waals surface area (Å²) in [5, 5.41) is 3.26. The van der Waals surface area contributed by atoms with Gasteiger partial charge in [-0.15, -0.1) is 0 Å². The maximum atomic E-state index is 14.6. The lowest BCUT2D eigenvalue weighted by atomic mass is 10.1. The van der Waals surface area contributed by atoms with E-state index >= 15 is 0 Å². The van der Waals surface area contributed by atoms with Crippen molar-refractivity contribution in [1.82, 2.24) is 10.3 Å². The molecule has 0 amide bonds. The van der Waals surface area contributed by atoms with Crippen LogP contribution in [0.4, 0.5) is 10.2 Å². The standard InChI is InChI=1S/C15H24FN3S/c1-11(2)18-9-12-5-6-17-14(13(12)16)19-7-8-20-15(3,4)10-19/h5-6,11,18H,7-10H2,1-4H3. The zero-order valence-electron chi connectivity index (χ0n) is 12.7. The Hall–Kier alpha value is -0.810. The average molecular weight is 297 g/mol. The number of nitrogens with one attached hydrogen (secondary N) is 1. The minimum Gasteiger partial charge on any atom is -0.352 e. The molecule has 2 rings (SSSR count). The van der Waals surface area contributed by atoms with Crippen LogP contribution in [0.3, 0.4) is 0 Å². The van der Waals surface area contributed by atoms with Gasteiger partial charge < -0.3 is 10.2 Å². The van der Waals surface area contributed by atoms with Gasteiger partial charge in [0.25, 0.3) is 0 Å². The molecule has 20 heavy (non-hydrogen) atoms. The van der Waals surface area contributed by atoms with E-state index in [2.05, 4.69) is 42.9 Å². The molecule has 2 heterocycles. The van der Waals surface area contributed by atoms with Crippen LogP contribution in [0.1, 0.15) is 33.3 Å². The maximum absolute atomic E-state index is 14.6. The lowest BCUT2D eigenvalue weighted by Gasteiger charge is -2.38. The molecule has 1 aliphatic heterocycles. The summed E-state index contributed by atoms with van der Waals surface area (Å²) < 4.78 is 14.8. The molecule has 3 nitrogen and oxygen atoms in total. The van der Waals surface area contributed by atoms with Gasteiger partial charge in [0.05, 0.1) is 0 Å². The molecule has 0 atom stereocenters. The largest absolute Gasteiger partial charge is 0.352 e. The van der Waals surface area contributed by atoms with Crippen LogP contribution in [0.15, 0.2) is 12.3 Å². The lowest BCUT2D eigenvalue weighted by Crippen LogP contribution is -2.44. The molecule has 0 aromatic carbocycles. The molecule has 1 fully saturated rings. The molecule has 1 aromatic rings. The summed E-state index contributed by atoms with van der Waals surface area (Å²) in [4.78, 5) is 6.34. The minimum atomic E-state index is -0.177. The normalized spacial score (nSPS) is 18.6. The second-order valence-electron chi connectivity index (χ2n) is 6.17. The van der Waals surface area contributed by atoms with Crippen molar-refractivity contribution in [3.8, 4) is 0 Å². The molecule has 112 valence electrons. The SMILES string of the molecule is CC(C)NCc1ccnc(N2CCSC(C)(C)C2)c1F. The quantitative estimate of drug-likeness (QED) is 0.924.